The molecule has 168 valence electrons. The first-order valence-corrected chi connectivity index (χ1v) is 10.8. The van der Waals surface area contributed by atoms with Crippen LogP contribution in [-0.2, 0) is 22.7 Å². The topological polar surface area (TPSA) is 96.6 Å². The number of halogens is 2. The Morgan fingerprint density at radius 2 is 1.94 bits per heavy atom. The van der Waals surface area contributed by atoms with Gasteiger partial charge in [0, 0.05) is 34.8 Å². The van der Waals surface area contributed by atoms with Crippen LogP contribution in [0.15, 0.2) is 71.7 Å². The van der Waals surface area contributed by atoms with Crippen molar-refractivity contribution >= 4 is 34.8 Å². The highest BCUT2D eigenvalue weighted by atomic mass is 35.5. The number of nitrogens with one attached hydrogen (secondary N) is 2. The summed E-state index contributed by atoms with van der Waals surface area (Å²) in [6, 6.07) is 17.9. The maximum Gasteiger partial charge on any atom is 0.249 e. The summed E-state index contributed by atoms with van der Waals surface area (Å²) in [6.45, 7) is 0.368. The van der Waals surface area contributed by atoms with Crippen molar-refractivity contribution in [3.05, 3.63) is 99.8 Å². The Labute approximate surface area is 195 Å². The summed E-state index contributed by atoms with van der Waals surface area (Å²) in [5.74, 6) is -1.23. The van der Waals surface area contributed by atoms with E-state index in [4.69, 9.17) is 17.3 Å². The Balaban J connectivity index is 1.63. The first kappa shape index (κ1) is 22.6. The highest BCUT2D eigenvalue weighted by Gasteiger charge is 2.28. The van der Waals surface area contributed by atoms with Gasteiger partial charge in [0.1, 0.15) is 11.9 Å². The van der Waals surface area contributed by atoms with E-state index in [1.54, 1.807) is 36.4 Å². The van der Waals surface area contributed by atoms with Crippen molar-refractivity contribution in [2.45, 2.75) is 25.6 Å². The highest BCUT2D eigenvalue weighted by Crippen LogP contribution is 2.28. The lowest BCUT2D eigenvalue weighted by Gasteiger charge is -2.12. The molecular formula is C25H22ClFN4O2. The number of benzodiazepines with no additional fused rings is 1. The Morgan fingerprint density at radius 1 is 1.12 bits per heavy atom. The van der Waals surface area contributed by atoms with Gasteiger partial charge in [0.2, 0.25) is 11.8 Å². The van der Waals surface area contributed by atoms with Crippen LogP contribution in [0.5, 0.6) is 0 Å². The zero-order chi connectivity index (χ0) is 23.4. The summed E-state index contributed by atoms with van der Waals surface area (Å²) in [6.07, 6.45) is -0.192. The molecule has 2 amide bonds. The predicted molar refractivity (Wildman–Crippen MR) is 127 cm³/mol. The second kappa shape index (κ2) is 9.94. The van der Waals surface area contributed by atoms with Crippen molar-refractivity contribution in [1.82, 2.24) is 5.32 Å². The molecule has 4 rings (SSSR count). The van der Waals surface area contributed by atoms with Gasteiger partial charge in [0.05, 0.1) is 17.8 Å². The fraction of sp³-hybridized carbons (Fsp3) is 0.160. The van der Waals surface area contributed by atoms with Crippen LogP contribution in [0.3, 0.4) is 0 Å². The first-order valence-electron chi connectivity index (χ1n) is 10.4. The van der Waals surface area contributed by atoms with Gasteiger partial charge in [-0.05, 0) is 35.9 Å². The molecular weight excluding hydrogens is 443 g/mol. The number of hydrogen-bond acceptors (Lipinski definition) is 4. The standard InChI is InChI=1S/C25H22ClFN4O2/c26-18-8-9-21-19(11-18)24(16-6-3-4-15(10-16)13-28)30-22(25(33)31-21)12-23(32)29-14-17-5-1-2-7-20(17)27/h1-11,22H,12-14,28H2,(H,29,32)(H,31,33). The van der Waals surface area contributed by atoms with Gasteiger partial charge in [-0.15, -0.1) is 0 Å². The van der Waals surface area contributed by atoms with Crippen LogP contribution in [0.4, 0.5) is 10.1 Å². The third-order valence-electron chi connectivity index (χ3n) is 5.33. The summed E-state index contributed by atoms with van der Waals surface area (Å²) >= 11 is 6.23. The monoisotopic (exact) mass is 464 g/mol. The van der Waals surface area contributed by atoms with E-state index < -0.39 is 23.7 Å². The lowest BCUT2D eigenvalue weighted by atomic mass is 9.99. The fourth-order valence-corrected chi connectivity index (χ4v) is 3.79. The molecule has 1 aliphatic rings. The summed E-state index contributed by atoms with van der Waals surface area (Å²) in [7, 11) is 0. The number of rotatable bonds is 6. The molecule has 0 fully saturated rings. The van der Waals surface area contributed by atoms with Crippen LogP contribution in [0.1, 0.15) is 28.7 Å². The number of benzene rings is 3. The average molecular weight is 465 g/mol. The highest BCUT2D eigenvalue weighted by molar-refractivity contribution is 6.32. The molecule has 8 heteroatoms. The summed E-state index contributed by atoms with van der Waals surface area (Å²) in [5, 5.41) is 6.00. The Hall–Kier alpha value is -3.55. The third kappa shape index (κ3) is 5.27. The molecule has 0 saturated carbocycles. The molecule has 1 atom stereocenters. The van der Waals surface area contributed by atoms with Gasteiger partial charge >= 0.3 is 0 Å². The van der Waals surface area contributed by atoms with Gasteiger partial charge in [-0.1, -0.05) is 48.0 Å². The van der Waals surface area contributed by atoms with Crippen molar-refractivity contribution in [3.63, 3.8) is 0 Å². The van der Waals surface area contributed by atoms with Gasteiger partial charge in [0.15, 0.2) is 0 Å². The Bertz CT molecular complexity index is 1240. The van der Waals surface area contributed by atoms with Crippen molar-refractivity contribution in [2.24, 2.45) is 10.7 Å². The molecule has 0 aromatic heterocycles. The zero-order valence-electron chi connectivity index (χ0n) is 17.6. The van der Waals surface area contributed by atoms with Gasteiger partial charge in [0.25, 0.3) is 0 Å². The van der Waals surface area contributed by atoms with Crippen LogP contribution >= 0.6 is 11.6 Å². The molecule has 1 aliphatic heterocycles. The number of aliphatic imine (C=N–C) groups is 1. The number of nitrogens with two attached hydrogens (primary N) is 1. The van der Waals surface area contributed by atoms with Gasteiger partial charge in [-0.2, -0.15) is 0 Å². The minimum Gasteiger partial charge on any atom is -0.352 e. The number of anilines is 1. The molecule has 33 heavy (non-hydrogen) atoms. The minimum absolute atomic E-state index is 0.0186. The van der Waals surface area contributed by atoms with E-state index in [-0.39, 0.29) is 13.0 Å². The molecule has 0 aliphatic carbocycles. The second-order valence-corrected chi connectivity index (χ2v) is 8.09. The van der Waals surface area contributed by atoms with Crippen molar-refractivity contribution < 1.29 is 14.0 Å². The number of carbonyl (C=O) groups is 2. The quantitative estimate of drug-likeness (QED) is 0.517. The van der Waals surface area contributed by atoms with E-state index in [2.05, 4.69) is 15.6 Å². The molecule has 4 N–H and O–H groups in total. The SMILES string of the molecule is NCc1cccc(C2=NC(CC(=O)NCc3ccccc3F)C(=O)Nc3ccc(Cl)cc32)c1. The molecule has 1 heterocycles. The first-order chi connectivity index (χ1) is 15.9. The molecule has 6 nitrogen and oxygen atoms in total. The van der Waals surface area contributed by atoms with E-state index in [1.807, 2.05) is 24.3 Å². The van der Waals surface area contributed by atoms with Crippen molar-refractivity contribution in [3.8, 4) is 0 Å². The average Bonchev–Trinajstić information content (AvgIpc) is 2.95. The Morgan fingerprint density at radius 3 is 2.73 bits per heavy atom. The lowest BCUT2D eigenvalue weighted by Crippen LogP contribution is -2.33. The van der Waals surface area contributed by atoms with Crippen LogP contribution in [-0.4, -0.2) is 23.6 Å². The molecule has 3 aromatic carbocycles. The van der Waals surface area contributed by atoms with E-state index >= 15 is 0 Å². The number of carbonyl (C=O) groups excluding carboxylic acids is 2. The fourth-order valence-electron chi connectivity index (χ4n) is 3.62. The molecule has 3 aromatic rings. The van der Waals surface area contributed by atoms with Crippen molar-refractivity contribution in [2.75, 3.05) is 5.32 Å². The molecule has 1 unspecified atom stereocenters. The lowest BCUT2D eigenvalue weighted by molar-refractivity contribution is -0.125. The normalized spacial score (nSPS) is 15.2. The van der Waals surface area contributed by atoms with E-state index in [1.165, 1.54) is 6.07 Å². The summed E-state index contributed by atoms with van der Waals surface area (Å²) < 4.78 is 13.8. The minimum atomic E-state index is -0.978. The van der Waals surface area contributed by atoms with E-state index in [0.717, 1.165) is 11.1 Å². The van der Waals surface area contributed by atoms with Crippen LogP contribution in [0, 0.1) is 5.82 Å². The van der Waals surface area contributed by atoms with E-state index in [9.17, 15) is 14.0 Å². The van der Waals surface area contributed by atoms with Gasteiger partial charge in [-0.25, -0.2) is 4.39 Å². The molecule has 0 radical (unpaired) electrons. The summed E-state index contributed by atoms with van der Waals surface area (Å²) in [4.78, 5) is 30.2. The smallest absolute Gasteiger partial charge is 0.249 e. The van der Waals surface area contributed by atoms with Gasteiger partial charge < -0.3 is 16.4 Å². The predicted octanol–water partition coefficient (Wildman–Crippen LogP) is 3.80. The number of hydrogen-bond donors (Lipinski definition) is 3. The molecule has 0 saturated heterocycles. The maximum absolute atomic E-state index is 13.8. The van der Waals surface area contributed by atoms with Gasteiger partial charge in [-0.3, -0.25) is 14.6 Å². The molecule has 0 bridgehead atoms. The van der Waals surface area contributed by atoms with Crippen LogP contribution in [0.2, 0.25) is 5.02 Å². The van der Waals surface area contributed by atoms with Crippen LogP contribution in [0.25, 0.3) is 0 Å². The number of nitrogens with zero attached hydrogens (tertiary/aromatic N) is 1. The van der Waals surface area contributed by atoms with Crippen LogP contribution < -0.4 is 16.4 Å². The van der Waals surface area contributed by atoms with E-state index in [0.29, 0.717) is 34.1 Å². The third-order valence-corrected chi connectivity index (χ3v) is 5.57. The number of fused-ring (bicyclic) bond motifs is 1. The zero-order valence-corrected chi connectivity index (χ0v) is 18.4. The second-order valence-electron chi connectivity index (χ2n) is 7.65. The van der Waals surface area contributed by atoms with Crippen molar-refractivity contribution in [1.29, 1.82) is 0 Å². The largest absolute Gasteiger partial charge is 0.352 e. The molecule has 0 spiro atoms. The Kier molecular flexibility index (Phi) is 6.82. The number of amides is 2. The summed E-state index contributed by atoms with van der Waals surface area (Å²) in [5.41, 5.74) is 9.56. The maximum atomic E-state index is 13.8.